The van der Waals surface area contributed by atoms with Crippen molar-refractivity contribution in [2.24, 2.45) is 0 Å². The first-order valence-electron chi connectivity index (χ1n) is 9.08. The van der Waals surface area contributed by atoms with E-state index in [-0.39, 0.29) is 0 Å². The van der Waals surface area contributed by atoms with Crippen molar-refractivity contribution in [2.45, 2.75) is 38.6 Å². The van der Waals surface area contributed by atoms with Crippen LogP contribution in [0.15, 0.2) is 30.6 Å². The van der Waals surface area contributed by atoms with Crippen molar-refractivity contribution in [3.05, 3.63) is 51.8 Å². The number of anilines is 1. The van der Waals surface area contributed by atoms with Gasteiger partial charge in [0.2, 0.25) is 5.95 Å². The lowest BCUT2D eigenvalue weighted by molar-refractivity contribution is 0.551. The summed E-state index contributed by atoms with van der Waals surface area (Å²) in [6.45, 7) is 9.22. The van der Waals surface area contributed by atoms with Crippen LogP contribution in [-0.2, 0) is 6.54 Å². The monoisotopic (exact) mass is 418 g/mol. The average Bonchev–Trinajstić information content (AvgIpc) is 3.08. The Morgan fingerprint density at radius 1 is 1.22 bits per heavy atom. The minimum atomic E-state index is -1.38. The summed E-state index contributed by atoms with van der Waals surface area (Å²) >= 11 is 12.2. The van der Waals surface area contributed by atoms with Crippen molar-refractivity contribution in [3.63, 3.8) is 0 Å². The first-order valence-corrected chi connectivity index (χ1v) is 13.3. The van der Waals surface area contributed by atoms with E-state index in [4.69, 9.17) is 23.2 Å². The zero-order chi connectivity index (χ0) is 19.4. The number of benzene rings is 1. The maximum atomic E-state index is 6.24. The first-order chi connectivity index (χ1) is 12.8. The van der Waals surface area contributed by atoms with Crippen LogP contribution in [0, 0.1) is 11.5 Å². The van der Waals surface area contributed by atoms with Gasteiger partial charge in [-0.15, -0.1) is 5.54 Å². The smallest absolute Gasteiger partial charge is 0.225 e. The predicted molar refractivity (Wildman–Crippen MR) is 116 cm³/mol. The summed E-state index contributed by atoms with van der Waals surface area (Å²) in [5.41, 5.74) is 5.28. The van der Waals surface area contributed by atoms with Crippen molar-refractivity contribution in [1.29, 1.82) is 0 Å². The van der Waals surface area contributed by atoms with Gasteiger partial charge in [0.05, 0.1) is 5.56 Å². The Balaban J connectivity index is 1.55. The summed E-state index contributed by atoms with van der Waals surface area (Å²) in [4.78, 5) is 11.2. The van der Waals surface area contributed by atoms with E-state index in [1.807, 2.05) is 24.5 Å². The van der Waals surface area contributed by atoms with Gasteiger partial charge in [-0.2, -0.15) is 0 Å². The molecule has 0 saturated carbocycles. The molecule has 0 bridgehead atoms. The molecule has 0 spiro atoms. The molecule has 1 aliphatic heterocycles. The molecule has 0 amide bonds. The van der Waals surface area contributed by atoms with Crippen LogP contribution in [0.3, 0.4) is 0 Å². The van der Waals surface area contributed by atoms with Crippen molar-refractivity contribution < 1.29 is 0 Å². The van der Waals surface area contributed by atoms with E-state index < -0.39 is 8.07 Å². The molecule has 3 rings (SSSR count). The molecule has 2 heterocycles. The molecule has 1 unspecified atom stereocenters. The standard InChI is InChI=1S/C20H24Cl2N4Si/c1-27(2,3)9-7-15-11-24-20(25-12-15)26-8-6-18(14-26)23-13-16-4-5-17(21)10-19(16)22/h4-5,10-12,18,23H,6,8,13-14H2,1-3H3. The first kappa shape index (κ1) is 20.2. The van der Waals surface area contributed by atoms with Crippen molar-refractivity contribution in [2.75, 3.05) is 18.0 Å². The summed E-state index contributed by atoms with van der Waals surface area (Å²) in [5, 5.41) is 4.92. The maximum Gasteiger partial charge on any atom is 0.225 e. The van der Waals surface area contributed by atoms with Crippen LogP contribution < -0.4 is 10.2 Å². The SMILES string of the molecule is C[Si](C)(C)C#Cc1cnc(N2CCC(NCc3ccc(Cl)cc3Cl)C2)nc1. The molecule has 1 aromatic carbocycles. The highest BCUT2D eigenvalue weighted by Gasteiger charge is 2.24. The van der Waals surface area contributed by atoms with Crippen LogP contribution in [0.4, 0.5) is 5.95 Å². The van der Waals surface area contributed by atoms with E-state index in [9.17, 15) is 0 Å². The fraction of sp³-hybridized carbons (Fsp3) is 0.400. The van der Waals surface area contributed by atoms with Gasteiger partial charge in [0.15, 0.2) is 0 Å². The highest BCUT2D eigenvalue weighted by atomic mass is 35.5. The second kappa shape index (κ2) is 8.62. The zero-order valence-corrected chi connectivity index (χ0v) is 18.4. The molecular weight excluding hydrogens is 395 g/mol. The highest BCUT2D eigenvalue weighted by Crippen LogP contribution is 2.22. The Morgan fingerprint density at radius 2 is 1.96 bits per heavy atom. The van der Waals surface area contributed by atoms with Gasteiger partial charge in [-0.25, -0.2) is 9.97 Å². The fourth-order valence-electron chi connectivity index (χ4n) is 2.84. The number of hydrogen-bond acceptors (Lipinski definition) is 4. The Bertz CT molecular complexity index is 853. The van der Waals surface area contributed by atoms with Crippen LogP contribution >= 0.6 is 23.2 Å². The summed E-state index contributed by atoms with van der Waals surface area (Å²) < 4.78 is 0. The minimum absolute atomic E-state index is 0.381. The predicted octanol–water partition coefficient (Wildman–Crippen LogP) is 4.38. The number of rotatable bonds is 4. The van der Waals surface area contributed by atoms with Gasteiger partial charge in [0, 0.05) is 48.1 Å². The average molecular weight is 419 g/mol. The zero-order valence-electron chi connectivity index (χ0n) is 15.9. The third-order valence-electron chi connectivity index (χ3n) is 4.29. The van der Waals surface area contributed by atoms with Gasteiger partial charge in [0.1, 0.15) is 8.07 Å². The van der Waals surface area contributed by atoms with Gasteiger partial charge >= 0.3 is 0 Å². The summed E-state index contributed by atoms with van der Waals surface area (Å²) in [6, 6.07) is 5.99. The quantitative estimate of drug-likeness (QED) is 0.590. The normalized spacial score (nSPS) is 16.9. The molecule has 27 heavy (non-hydrogen) atoms. The van der Waals surface area contributed by atoms with E-state index >= 15 is 0 Å². The number of hydrogen-bond donors (Lipinski definition) is 1. The third kappa shape index (κ3) is 5.95. The summed E-state index contributed by atoms with van der Waals surface area (Å²) in [6.07, 6.45) is 4.69. The number of aromatic nitrogens is 2. The van der Waals surface area contributed by atoms with Crippen LogP contribution in [0.2, 0.25) is 29.7 Å². The molecule has 1 N–H and O–H groups in total. The van der Waals surface area contributed by atoms with Gasteiger partial charge in [0.25, 0.3) is 0 Å². The van der Waals surface area contributed by atoms with Gasteiger partial charge in [-0.05, 0) is 24.1 Å². The molecule has 4 nitrogen and oxygen atoms in total. The Labute approximate surface area is 172 Å². The molecule has 1 aromatic heterocycles. The van der Waals surface area contributed by atoms with Gasteiger partial charge in [-0.1, -0.05) is 54.8 Å². The van der Waals surface area contributed by atoms with Crippen molar-refractivity contribution in [3.8, 4) is 11.5 Å². The molecule has 7 heteroatoms. The van der Waals surface area contributed by atoms with Crippen LogP contribution in [0.5, 0.6) is 0 Å². The van der Waals surface area contributed by atoms with Gasteiger partial charge in [-0.3, -0.25) is 0 Å². The van der Waals surface area contributed by atoms with Gasteiger partial charge < -0.3 is 10.2 Å². The number of nitrogens with zero attached hydrogens (tertiary/aromatic N) is 3. The second-order valence-corrected chi connectivity index (χ2v) is 13.4. The summed E-state index contributed by atoms with van der Waals surface area (Å²) in [5.74, 6) is 3.96. The minimum Gasteiger partial charge on any atom is -0.339 e. The molecule has 0 aliphatic carbocycles. The van der Waals surface area contributed by atoms with Crippen molar-refractivity contribution >= 4 is 37.2 Å². The second-order valence-electron chi connectivity index (χ2n) is 7.82. The largest absolute Gasteiger partial charge is 0.339 e. The molecule has 1 saturated heterocycles. The van der Waals surface area contributed by atoms with E-state index in [1.165, 1.54) is 0 Å². The van der Waals surface area contributed by atoms with Crippen molar-refractivity contribution in [1.82, 2.24) is 15.3 Å². The third-order valence-corrected chi connectivity index (χ3v) is 5.75. The molecular formula is C20H24Cl2N4Si. The molecule has 1 atom stereocenters. The van der Waals surface area contributed by atoms with Crippen LogP contribution in [0.1, 0.15) is 17.5 Å². The molecule has 1 aliphatic rings. The topological polar surface area (TPSA) is 41.1 Å². The van der Waals surface area contributed by atoms with E-state index in [0.29, 0.717) is 16.1 Å². The Hall–Kier alpha value is -1.58. The van der Waals surface area contributed by atoms with Crippen LogP contribution in [-0.4, -0.2) is 37.2 Å². The number of nitrogens with one attached hydrogen (secondary N) is 1. The van der Waals surface area contributed by atoms with E-state index in [1.54, 1.807) is 6.07 Å². The Kier molecular flexibility index (Phi) is 6.43. The van der Waals surface area contributed by atoms with E-state index in [2.05, 4.69) is 51.3 Å². The maximum absolute atomic E-state index is 6.24. The fourth-order valence-corrected chi connectivity index (χ4v) is 3.83. The Morgan fingerprint density at radius 3 is 2.63 bits per heavy atom. The lowest BCUT2D eigenvalue weighted by atomic mass is 10.2. The highest BCUT2D eigenvalue weighted by molar-refractivity contribution is 6.83. The molecule has 142 valence electrons. The number of halogens is 2. The lowest BCUT2D eigenvalue weighted by Crippen LogP contribution is -2.32. The lowest BCUT2D eigenvalue weighted by Gasteiger charge is -2.17. The molecule has 2 aromatic rings. The molecule has 1 fully saturated rings. The molecule has 0 radical (unpaired) electrons. The summed E-state index contributed by atoms with van der Waals surface area (Å²) in [7, 11) is -1.38. The van der Waals surface area contributed by atoms with E-state index in [0.717, 1.165) is 43.1 Å². The van der Waals surface area contributed by atoms with Crippen LogP contribution in [0.25, 0.3) is 0 Å².